The zero-order chi connectivity index (χ0) is 20.3. The highest BCUT2D eigenvalue weighted by atomic mass is 32.2. The lowest BCUT2D eigenvalue weighted by Gasteiger charge is -2.36. The maximum absolute atomic E-state index is 13.7. The van der Waals surface area contributed by atoms with Crippen molar-refractivity contribution in [2.45, 2.75) is 70.3 Å². The number of nitrogens with one attached hydrogen (secondary N) is 1. The Morgan fingerprint density at radius 1 is 1.18 bits per heavy atom. The van der Waals surface area contributed by atoms with Crippen molar-refractivity contribution in [3.63, 3.8) is 0 Å². The van der Waals surface area contributed by atoms with E-state index < -0.39 is 11.9 Å². The third-order valence-corrected chi connectivity index (χ3v) is 7.53. The average molecular weight is 407 g/mol. The first-order valence-electron chi connectivity index (χ1n) is 10.4. The molecular formula is C22H31FN2O2S. The molecule has 2 fully saturated rings. The smallest absolute Gasteiger partial charge is 0.255 e. The topological polar surface area (TPSA) is 49.4 Å². The Hall–Kier alpha value is -1.56. The molecule has 1 saturated heterocycles. The van der Waals surface area contributed by atoms with E-state index in [2.05, 4.69) is 19.2 Å². The van der Waals surface area contributed by atoms with Crippen LogP contribution in [0.25, 0.3) is 0 Å². The second kappa shape index (κ2) is 9.29. The van der Waals surface area contributed by atoms with Crippen molar-refractivity contribution in [2.75, 3.05) is 5.75 Å². The summed E-state index contributed by atoms with van der Waals surface area (Å²) in [4.78, 5) is 28.1. The van der Waals surface area contributed by atoms with E-state index in [4.69, 9.17) is 0 Å². The van der Waals surface area contributed by atoms with Gasteiger partial charge in [-0.05, 0) is 49.8 Å². The molecule has 1 aliphatic carbocycles. The molecule has 2 amide bonds. The summed E-state index contributed by atoms with van der Waals surface area (Å²) in [5.41, 5.74) is 0.318. The van der Waals surface area contributed by atoms with E-state index in [1.54, 1.807) is 28.8 Å². The third kappa shape index (κ3) is 4.70. The fraction of sp³-hybridized carbons (Fsp3) is 0.636. The molecule has 0 radical (unpaired) electrons. The predicted octanol–water partition coefficient (Wildman–Crippen LogP) is 4.45. The van der Waals surface area contributed by atoms with Crippen molar-refractivity contribution in [3.8, 4) is 0 Å². The van der Waals surface area contributed by atoms with Crippen LogP contribution >= 0.6 is 11.8 Å². The molecule has 4 nitrogen and oxygen atoms in total. The largest absolute Gasteiger partial charge is 0.352 e. The van der Waals surface area contributed by atoms with Gasteiger partial charge in [0.05, 0.1) is 5.37 Å². The van der Waals surface area contributed by atoms with Crippen LogP contribution in [0, 0.1) is 17.7 Å². The number of halogens is 1. The first kappa shape index (κ1) is 21.2. The van der Waals surface area contributed by atoms with Gasteiger partial charge in [0.25, 0.3) is 5.91 Å². The molecule has 0 spiro atoms. The van der Waals surface area contributed by atoms with Crippen LogP contribution < -0.4 is 5.32 Å². The highest BCUT2D eigenvalue weighted by molar-refractivity contribution is 8.00. The molecule has 1 aromatic rings. The summed E-state index contributed by atoms with van der Waals surface area (Å²) in [7, 11) is 0. The maximum atomic E-state index is 13.7. The summed E-state index contributed by atoms with van der Waals surface area (Å²) in [5.74, 6) is 0.547. The Kier molecular flexibility index (Phi) is 7.02. The Morgan fingerprint density at radius 3 is 2.54 bits per heavy atom. The second-order valence-corrected chi connectivity index (χ2v) is 9.55. The fourth-order valence-electron chi connectivity index (χ4n) is 4.03. The van der Waals surface area contributed by atoms with Crippen LogP contribution in [-0.4, -0.2) is 39.9 Å². The van der Waals surface area contributed by atoms with Gasteiger partial charge in [0, 0.05) is 17.4 Å². The van der Waals surface area contributed by atoms with Crippen LogP contribution in [0.1, 0.15) is 63.2 Å². The molecule has 0 aromatic heterocycles. The zero-order valence-corrected chi connectivity index (χ0v) is 17.8. The molecule has 1 aromatic carbocycles. The highest BCUT2D eigenvalue weighted by Crippen LogP contribution is 2.41. The first-order valence-corrected chi connectivity index (χ1v) is 11.4. The first-order chi connectivity index (χ1) is 13.4. The van der Waals surface area contributed by atoms with Crippen LogP contribution in [0.5, 0.6) is 0 Å². The van der Waals surface area contributed by atoms with Crippen molar-refractivity contribution in [3.05, 3.63) is 35.6 Å². The minimum Gasteiger partial charge on any atom is -0.352 e. The predicted molar refractivity (Wildman–Crippen MR) is 112 cm³/mol. The molecule has 1 saturated carbocycles. The van der Waals surface area contributed by atoms with Crippen molar-refractivity contribution in [2.24, 2.45) is 11.8 Å². The highest BCUT2D eigenvalue weighted by Gasteiger charge is 2.45. The normalized spacial score (nSPS) is 24.4. The van der Waals surface area contributed by atoms with E-state index in [0.717, 1.165) is 12.8 Å². The molecule has 1 N–H and O–H groups in total. The molecule has 6 heteroatoms. The van der Waals surface area contributed by atoms with Gasteiger partial charge in [0.15, 0.2) is 0 Å². The summed E-state index contributed by atoms with van der Waals surface area (Å²) in [6.07, 6.45) is 5.75. The van der Waals surface area contributed by atoms with Crippen LogP contribution in [0.2, 0.25) is 0 Å². The lowest BCUT2D eigenvalue weighted by molar-refractivity contribution is -0.126. The summed E-state index contributed by atoms with van der Waals surface area (Å²) < 4.78 is 13.7. The van der Waals surface area contributed by atoms with Crippen LogP contribution in [-0.2, 0) is 4.79 Å². The van der Waals surface area contributed by atoms with Gasteiger partial charge < -0.3 is 10.2 Å². The monoisotopic (exact) mass is 406 g/mol. The minimum atomic E-state index is -0.506. The van der Waals surface area contributed by atoms with Gasteiger partial charge in [-0.3, -0.25) is 9.59 Å². The van der Waals surface area contributed by atoms with Gasteiger partial charge in [-0.1, -0.05) is 39.2 Å². The van der Waals surface area contributed by atoms with Gasteiger partial charge >= 0.3 is 0 Å². The van der Waals surface area contributed by atoms with Crippen LogP contribution in [0.3, 0.4) is 0 Å². The number of hydrogen-bond acceptors (Lipinski definition) is 3. The molecule has 28 heavy (non-hydrogen) atoms. The van der Waals surface area contributed by atoms with E-state index >= 15 is 0 Å². The number of benzene rings is 1. The molecule has 1 heterocycles. The van der Waals surface area contributed by atoms with Crippen molar-refractivity contribution in [1.29, 1.82) is 0 Å². The molecule has 3 rings (SSSR count). The second-order valence-electron chi connectivity index (χ2n) is 8.40. The summed E-state index contributed by atoms with van der Waals surface area (Å²) in [6.45, 7) is 6.12. The summed E-state index contributed by atoms with van der Waals surface area (Å²) in [6, 6.07) is 5.33. The van der Waals surface area contributed by atoms with Crippen molar-refractivity contribution in [1.82, 2.24) is 10.2 Å². The molecule has 1 aliphatic heterocycles. The van der Waals surface area contributed by atoms with E-state index in [9.17, 15) is 14.0 Å². The average Bonchev–Trinajstić information content (AvgIpc) is 3.13. The molecule has 0 bridgehead atoms. The van der Waals surface area contributed by atoms with Crippen molar-refractivity contribution < 1.29 is 14.0 Å². The standard InChI is InChI=1S/C22H31FN2O2S/c1-14(2)15(3)24-20(26)19-13-28-22(16-8-5-4-6-9-16)25(19)21(27)17-10-7-11-18(23)12-17/h7,10-12,14-16,19,22H,4-6,8-9,13H2,1-3H3,(H,24,26). The van der Waals surface area contributed by atoms with E-state index in [1.165, 1.54) is 31.4 Å². The Morgan fingerprint density at radius 2 is 1.89 bits per heavy atom. The van der Waals surface area contributed by atoms with Crippen LogP contribution in [0.4, 0.5) is 4.39 Å². The Balaban J connectivity index is 1.86. The zero-order valence-electron chi connectivity index (χ0n) is 17.0. The minimum absolute atomic E-state index is 0.0128. The van der Waals surface area contributed by atoms with Gasteiger partial charge in [-0.2, -0.15) is 0 Å². The summed E-state index contributed by atoms with van der Waals surface area (Å²) in [5, 5.41) is 3.06. The molecule has 2 aliphatic rings. The Labute approximate surface area is 171 Å². The lowest BCUT2D eigenvalue weighted by Crippen LogP contribution is -2.53. The lowest BCUT2D eigenvalue weighted by atomic mass is 9.88. The number of nitrogens with zero attached hydrogens (tertiary/aromatic N) is 1. The quantitative estimate of drug-likeness (QED) is 0.786. The van der Waals surface area contributed by atoms with Crippen LogP contribution in [0.15, 0.2) is 24.3 Å². The van der Waals surface area contributed by atoms with Gasteiger partial charge in [-0.15, -0.1) is 11.8 Å². The van der Waals surface area contributed by atoms with Gasteiger partial charge in [0.2, 0.25) is 5.91 Å². The van der Waals surface area contributed by atoms with Crippen molar-refractivity contribution >= 4 is 23.6 Å². The van der Waals surface area contributed by atoms with Gasteiger partial charge in [-0.25, -0.2) is 4.39 Å². The number of carbonyl (C=O) groups excluding carboxylic acids is 2. The molecular weight excluding hydrogens is 375 g/mol. The third-order valence-electron chi connectivity index (χ3n) is 6.07. The van der Waals surface area contributed by atoms with E-state index in [1.807, 2.05) is 6.92 Å². The number of rotatable bonds is 5. The van der Waals surface area contributed by atoms with E-state index in [-0.39, 0.29) is 23.2 Å². The number of carbonyl (C=O) groups is 2. The molecule has 3 atom stereocenters. The maximum Gasteiger partial charge on any atom is 0.255 e. The fourth-order valence-corrected chi connectivity index (χ4v) is 5.67. The molecule has 154 valence electrons. The number of hydrogen-bond donors (Lipinski definition) is 1. The van der Waals surface area contributed by atoms with Gasteiger partial charge in [0.1, 0.15) is 11.9 Å². The summed E-state index contributed by atoms with van der Waals surface area (Å²) >= 11 is 1.71. The SMILES string of the molecule is CC(C)C(C)NC(=O)C1CSC(C2CCCCC2)N1C(=O)c1cccc(F)c1. The molecule has 3 unspecified atom stereocenters. The number of amides is 2. The van der Waals surface area contributed by atoms with E-state index in [0.29, 0.717) is 23.2 Å². The Bertz CT molecular complexity index is 706. The number of thioether (sulfide) groups is 1.